The van der Waals surface area contributed by atoms with E-state index in [1.807, 2.05) is 30.5 Å². The number of ether oxygens (including phenoxy) is 1. The van der Waals surface area contributed by atoms with Crippen LogP contribution >= 0.6 is 0 Å². The van der Waals surface area contributed by atoms with Crippen molar-refractivity contribution < 1.29 is 18.8 Å². The molecule has 0 unspecified atom stereocenters. The monoisotopic (exact) mass is 384 g/mol. The number of carbonyl (C=O) groups is 2. The highest BCUT2D eigenvalue weighted by Crippen LogP contribution is 2.19. The molecule has 3 rings (SSSR count). The number of hydrogen-bond donors (Lipinski definition) is 2. The Balaban J connectivity index is 1.66. The number of aromatic amines is 1. The number of benzene rings is 1. The lowest BCUT2D eigenvalue weighted by Gasteiger charge is -2.16. The number of hydrogen-bond acceptors (Lipinski definition) is 6. The van der Waals surface area contributed by atoms with Crippen molar-refractivity contribution in [2.75, 3.05) is 0 Å². The van der Waals surface area contributed by atoms with Gasteiger partial charge in [-0.2, -0.15) is 4.98 Å². The number of aromatic nitrogens is 3. The van der Waals surface area contributed by atoms with Crippen molar-refractivity contribution >= 4 is 22.8 Å². The van der Waals surface area contributed by atoms with E-state index in [1.54, 1.807) is 0 Å². The van der Waals surface area contributed by atoms with E-state index in [2.05, 4.69) is 34.3 Å². The zero-order chi connectivity index (χ0) is 20.1. The number of carbonyl (C=O) groups excluding carboxylic acids is 2. The van der Waals surface area contributed by atoms with Crippen molar-refractivity contribution in [3.05, 3.63) is 47.7 Å². The van der Waals surface area contributed by atoms with Gasteiger partial charge in [0.25, 0.3) is 5.89 Å². The maximum atomic E-state index is 12.6. The van der Waals surface area contributed by atoms with Crippen molar-refractivity contribution in [3.63, 3.8) is 0 Å². The summed E-state index contributed by atoms with van der Waals surface area (Å²) in [6, 6.07) is 6.96. The molecule has 0 spiro atoms. The first-order valence-corrected chi connectivity index (χ1v) is 9.22. The third kappa shape index (κ3) is 4.97. The molecular weight excluding hydrogens is 360 g/mol. The molecule has 2 N–H and O–H groups in total. The number of nitrogens with zero attached hydrogens (tertiary/aromatic N) is 2. The number of rotatable bonds is 8. The van der Waals surface area contributed by atoms with Gasteiger partial charge in [0.15, 0.2) is 12.4 Å². The van der Waals surface area contributed by atoms with Gasteiger partial charge >= 0.3 is 5.97 Å². The fourth-order valence-electron chi connectivity index (χ4n) is 2.99. The summed E-state index contributed by atoms with van der Waals surface area (Å²) in [5.41, 5.74) is 1.89. The normalized spacial score (nSPS) is 12.3. The Labute approximate surface area is 162 Å². The Morgan fingerprint density at radius 1 is 1.25 bits per heavy atom. The number of para-hydroxylation sites is 1. The van der Waals surface area contributed by atoms with Crippen molar-refractivity contribution in [2.45, 2.75) is 46.3 Å². The molecule has 148 valence electrons. The van der Waals surface area contributed by atoms with Crippen LogP contribution in [0.1, 0.15) is 38.0 Å². The summed E-state index contributed by atoms with van der Waals surface area (Å²) in [6.45, 7) is 5.34. The van der Waals surface area contributed by atoms with Gasteiger partial charge in [-0.15, -0.1) is 0 Å². The second kappa shape index (κ2) is 8.69. The molecule has 1 amide bonds. The smallest absolute Gasteiger partial charge is 0.329 e. The Morgan fingerprint density at radius 2 is 2.04 bits per heavy atom. The summed E-state index contributed by atoms with van der Waals surface area (Å²) in [6.07, 6.45) is 2.83. The zero-order valence-electron chi connectivity index (χ0n) is 16.2. The van der Waals surface area contributed by atoms with Gasteiger partial charge in [-0.1, -0.05) is 37.2 Å². The van der Waals surface area contributed by atoms with Gasteiger partial charge < -0.3 is 19.6 Å². The molecule has 1 atom stereocenters. The van der Waals surface area contributed by atoms with Crippen LogP contribution in [-0.4, -0.2) is 33.0 Å². The summed E-state index contributed by atoms with van der Waals surface area (Å²) in [7, 11) is 0. The fraction of sp³-hybridized carbons (Fsp3) is 0.400. The topological polar surface area (TPSA) is 110 Å². The van der Waals surface area contributed by atoms with Crippen LogP contribution in [0.3, 0.4) is 0 Å². The quantitative estimate of drug-likeness (QED) is 0.578. The minimum absolute atomic E-state index is 0.131. The highest BCUT2D eigenvalue weighted by atomic mass is 16.6. The molecule has 0 aliphatic heterocycles. The Bertz CT molecular complexity index is 960. The number of H-pyrrole nitrogens is 1. The van der Waals surface area contributed by atoms with E-state index in [4.69, 9.17) is 9.26 Å². The molecule has 28 heavy (non-hydrogen) atoms. The predicted molar refractivity (Wildman–Crippen MR) is 102 cm³/mol. The van der Waals surface area contributed by atoms with Gasteiger partial charge in [-0.25, -0.2) is 4.79 Å². The van der Waals surface area contributed by atoms with Crippen LogP contribution in [0.15, 0.2) is 35.0 Å². The van der Waals surface area contributed by atoms with Crippen molar-refractivity contribution in [1.82, 2.24) is 20.4 Å². The van der Waals surface area contributed by atoms with Gasteiger partial charge in [0.05, 0.1) is 0 Å². The van der Waals surface area contributed by atoms with E-state index in [0.717, 1.165) is 16.5 Å². The molecule has 0 saturated carbocycles. The first-order valence-electron chi connectivity index (χ1n) is 9.22. The van der Waals surface area contributed by atoms with E-state index >= 15 is 0 Å². The number of fused-ring (bicyclic) bond motifs is 1. The average Bonchev–Trinajstić information content (AvgIpc) is 3.25. The van der Waals surface area contributed by atoms with Crippen LogP contribution in [0.4, 0.5) is 0 Å². The van der Waals surface area contributed by atoms with Gasteiger partial charge in [0.1, 0.15) is 6.04 Å². The van der Waals surface area contributed by atoms with Gasteiger partial charge in [-0.3, -0.25) is 4.79 Å². The lowest BCUT2D eigenvalue weighted by molar-refractivity contribution is -0.149. The second-order valence-electron chi connectivity index (χ2n) is 7.13. The first kappa shape index (κ1) is 19.6. The van der Waals surface area contributed by atoms with Crippen LogP contribution in [0.25, 0.3) is 10.9 Å². The van der Waals surface area contributed by atoms with E-state index in [0.29, 0.717) is 24.6 Å². The molecule has 1 aromatic carbocycles. The van der Waals surface area contributed by atoms with Crippen molar-refractivity contribution in [3.8, 4) is 0 Å². The summed E-state index contributed by atoms with van der Waals surface area (Å²) in [5, 5.41) is 7.53. The van der Waals surface area contributed by atoms with Crippen molar-refractivity contribution in [2.24, 2.45) is 5.92 Å². The second-order valence-corrected chi connectivity index (χ2v) is 7.13. The van der Waals surface area contributed by atoms with E-state index in [1.165, 1.54) is 6.92 Å². The lowest BCUT2D eigenvalue weighted by atomic mass is 10.0. The first-order chi connectivity index (χ1) is 13.4. The predicted octanol–water partition coefficient (Wildman–Crippen LogP) is 2.54. The van der Waals surface area contributed by atoms with Gasteiger partial charge in [0, 0.05) is 36.9 Å². The molecule has 8 heteroatoms. The van der Waals surface area contributed by atoms with E-state index < -0.39 is 12.0 Å². The minimum atomic E-state index is -0.810. The standard InChI is InChI=1S/C20H24N4O4/c1-12(2)8-18-23-19(28-24-18)11-27-20(26)17(22-13(3)25)9-14-10-21-16-7-5-4-6-15(14)16/h4-7,10,12,17,21H,8-9,11H2,1-3H3,(H,22,25)/t17-/m0/s1. The Kier molecular flexibility index (Phi) is 6.08. The molecule has 0 saturated heterocycles. The molecule has 0 bridgehead atoms. The third-order valence-electron chi connectivity index (χ3n) is 4.20. The average molecular weight is 384 g/mol. The minimum Gasteiger partial charge on any atom is -0.454 e. The third-order valence-corrected chi connectivity index (χ3v) is 4.20. The summed E-state index contributed by atoms with van der Waals surface area (Å²) < 4.78 is 10.4. The summed E-state index contributed by atoms with van der Waals surface area (Å²) >= 11 is 0. The van der Waals surface area contributed by atoms with E-state index in [9.17, 15) is 9.59 Å². The summed E-state index contributed by atoms with van der Waals surface area (Å²) in [5.74, 6) is 0.354. The highest BCUT2D eigenvalue weighted by Gasteiger charge is 2.24. The number of esters is 1. The fourth-order valence-corrected chi connectivity index (χ4v) is 2.99. The molecule has 0 aliphatic rings. The van der Waals surface area contributed by atoms with Gasteiger partial charge in [-0.05, 0) is 17.5 Å². The molecule has 0 aliphatic carbocycles. The molecule has 0 radical (unpaired) electrons. The molecule has 2 heterocycles. The maximum absolute atomic E-state index is 12.6. The molecule has 8 nitrogen and oxygen atoms in total. The van der Waals surface area contributed by atoms with Crippen LogP contribution < -0.4 is 5.32 Å². The maximum Gasteiger partial charge on any atom is 0.329 e. The van der Waals surface area contributed by atoms with Crippen molar-refractivity contribution in [1.29, 1.82) is 0 Å². The Morgan fingerprint density at radius 3 is 2.79 bits per heavy atom. The molecule has 2 aromatic heterocycles. The SMILES string of the molecule is CC(=O)N[C@@H](Cc1c[nH]c2ccccc12)C(=O)OCc1nc(CC(C)C)no1. The van der Waals surface area contributed by atoms with E-state index in [-0.39, 0.29) is 18.4 Å². The number of nitrogens with one attached hydrogen (secondary N) is 2. The largest absolute Gasteiger partial charge is 0.454 e. The van der Waals surface area contributed by atoms with Crippen LogP contribution in [0.2, 0.25) is 0 Å². The van der Waals surface area contributed by atoms with Gasteiger partial charge in [0.2, 0.25) is 5.91 Å². The van der Waals surface area contributed by atoms with Crippen LogP contribution in [0.5, 0.6) is 0 Å². The molecular formula is C20H24N4O4. The molecule has 0 fully saturated rings. The molecule has 3 aromatic rings. The zero-order valence-corrected chi connectivity index (χ0v) is 16.2. The highest BCUT2D eigenvalue weighted by molar-refractivity contribution is 5.86. The number of amides is 1. The lowest BCUT2D eigenvalue weighted by Crippen LogP contribution is -2.42. The van der Waals surface area contributed by atoms with Crippen LogP contribution in [0, 0.1) is 5.92 Å². The Hall–Kier alpha value is -3.16. The van der Waals surface area contributed by atoms with Crippen LogP contribution in [-0.2, 0) is 33.8 Å². The summed E-state index contributed by atoms with van der Waals surface area (Å²) in [4.78, 5) is 31.5.